The summed E-state index contributed by atoms with van der Waals surface area (Å²) in [4.78, 5) is 25.0. The Morgan fingerprint density at radius 1 is 1.47 bits per heavy atom. The molecule has 3 unspecified atom stereocenters. The van der Waals surface area contributed by atoms with Gasteiger partial charge in [0.05, 0.1) is 0 Å². The first-order valence-electron chi connectivity index (χ1n) is 6.86. The molecule has 2 saturated heterocycles. The number of unbranched alkanes of at least 4 members (excludes halogenated alkanes) is 2. The van der Waals surface area contributed by atoms with Gasteiger partial charge in [0.15, 0.2) is 0 Å². The van der Waals surface area contributed by atoms with E-state index < -0.39 is 16.8 Å². The average Bonchev–Trinajstić information content (AvgIpc) is 2.58. The minimum atomic E-state index is -0.905. The van der Waals surface area contributed by atoms with E-state index in [1.807, 2.05) is 13.8 Å². The Kier molecular flexibility index (Phi) is 4.11. The van der Waals surface area contributed by atoms with Gasteiger partial charge in [-0.05, 0) is 26.8 Å². The number of hydrogen-bond acceptors (Lipinski definition) is 4. The lowest BCUT2D eigenvalue weighted by atomic mass is 9.96. The van der Waals surface area contributed by atoms with E-state index in [-0.39, 0.29) is 17.3 Å². The van der Waals surface area contributed by atoms with E-state index in [1.54, 1.807) is 11.8 Å². The molecule has 2 rings (SSSR count). The zero-order valence-corrected chi connectivity index (χ0v) is 12.5. The number of thioether (sulfide) groups is 1. The van der Waals surface area contributed by atoms with E-state index in [4.69, 9.17) is 0 Å². The summed E-state index contributed by atoms with van der Waals surface area (Å²) in [5.74, 6) is -0.968. The van der Waals surface area contributed by atoms with Crippen molar-refractivity contribution < 1.29 is 14.7 Å². The van der Waals surface area contributed by atoms with Gasteiger partial charge in [-0.1, -0.05) is 19.8 Å². The maximum absolute atomic E-state index is 12.1. The molecule has 2 aliphatic rings. The molecule has 0 aliphatic carbocycles. The second-order valence-electron chi connectivity index (χ2n) is 5.74. The van der Waals surface area contributed by atoms with Gasteiger partial charge in [0.25, 0.3) is 0 Å². The lowest BCUT2D eigenvalue weighted by Gasteiger charge is -2.43. The van der Waals surface area contributed by atoms with E-state index in [0.29, 0.717) is 0 Å². The van der Waals surface area contributed by atoms with Crippen LogP contribution in [0.2, 0.25) is 0 Å². The summed E-state index contributed by atoms with van der Waals surface area (Å²) in [6.45, 7) is 6.77. The summed E-state index contributed by atoms with van der Waals surface area (Å²) in [5, 5.41) is 12.5. The van der Waals surface area contributed by atoms with Crippen LogP contribution >= 0.6 is 11.8 Å². The predicted octanol–water partition coefficient (Wildman–Crippen LogP) is 1.28. The Labute approximate surface area is 118 Å². The molecule has 2 fully saturated rings. The van der Waals surface area contributed by atoms with Crippen molar-refractivity contribution in [3.8, 4) is 0 Å². The molecule has 5 nitrogen and oxygen atoms in total. The molecule has 0 aromatic carbocycles. The van der Waals surface area contributed by atoms with Crippen LogP contribution in [0, 0.1) is 0 Å². The van der Waals surface area contributed by atoms with Crippen LogP contribution < -0.4 is 5.32 Å². The van der Waals surface area contributed by atoms with Crippen molar-refractivity contribution in [1.29, 1.82) is 0 Å². The molecule has 2 heterocycles. The Morgan fingerprint density at radius 2 is 2.16 bits per heavy atom. The van der Waals surface area contributed by atoms with Crippen LogP contribution in [-0.4, -0.2) is 50.6 Å². The molecular formula is C13H22N2O3S. The van der Waals surface area contributed by atoms with Crippen molar-refractivity contribution in [1.82, 2.24) is 10.2 Å². The number of nitrogens with zero attached hydrogens (tertiary/aromatic N) is 1. The Bertz CT molecular complexity index is 386. The minimum absolute atomic E-state index is 0.0229. The zero-order valence-electron chi connectivity index (χ0n) is 11.7. The van der Waals surface area contributed by atoms with Gasteiger partial charge < -0.3 is 15.3 Å². The maximum atomic E-state index is 12.1. The summed E-state index contributed by atoms with van der Waals surface area (Å²) < 4.78 is -0.425. The van der Waals surface area contributed by atoms with Gasteiger partial charge in [-0.15, -0.1) is 11.8 Å². The smallest absolute Gasteiger partial charge is 0.327 e. The molecule has 2 N–H and O–H groups in total. The minimum Gasteiger partial charge on any atom is -0.480 e. The van der Waals surface area contributed by atoms with Crippen LogP contribution in [0.3, 0.4) is 0 Å². The topological polar surface area (TPSA) is 69.6 Å². The average molecular weight is 286 g/mol. The highest BCUT2D eigenvalue weighted by atomic mass is 32.2. The van der Waals surface area contributed by atoms with Crippen LogP contribution in [0.1, 0.15) is 40.0 Å². The van der Waals surface area contributed by atoms with Crippen LogP contribution in [0.15, 0.2) is 0 Å². The van der Waals surface area contributed by atoms with Gasteiger partial charge in [0.1, 0.15) is 17.5 Å². The van der Waals surface area contributed by atoms with E-state index in [0.717, 1.165) is 25.8 Å². The molecular weight excluding hydrogens is 264 g/mol. The monoisotopic (exact) mass is 286 g/mol. The maximum Gasteiger partial charge on any atom is 0.327 e. The molecule has 108 valence electrons. The molecule has 0 aromatic heterocycles. The predicted molar refractivity (Wildman–Crippen MR) is 75.0 cm³/mol. The second kappa shape index (κ2) is 5.32. The van der Waals surface area contributed by atoms with Gasteiger partial charge in [-0.3, -0.25) is 4.79 Å². The summed E-state index contributed by atoms with van der Waals surface area (Å²) >= 11 is 1.59. The summed E-state index contributed by atoms with van der Waals surface area (Å²) in [5.41, 5.74) is 0. The lowest BCUT2D eigenvalue weighted by molar-refractivity contribution is -0.160. The number of β-lactam (4-membered cyclic amide) rings is 1. The third-order valence-corrected chi connectivity index (χ3v) is 5.39. The fraction of sp³-hybridized carbons (Fsp3) is 0.846. The number of carboxylic acid groups (broad SMARTS) is 1. The molecule has 2 aliphatic heterocycles. The van der Waals surface area contributed by atoms with Crippen LogP contribution in [0.5, 0.6) is 0 Å². The normalized spacial score (nSPS) is 32.1. The first-order valence-corrected chi connectivity index (χ1v) is 7.74. The SMILES string of the molecule is CCCCCNC1C(=O)N2C1SC(C)(C)C2C(=O)O. The van der Waals surface area contributed by atoms with Crippen molar-refractivity contribution in [2.24, 2.45) is 0 Å². The zero-order chi connectivity index (χ0) is 14.2. The molecule has 0 saturated carbocycles. The van der Waals surface area contributed by atoms with E-state index >= 15 is 0 Å². The van der Waals surface area contributed by atoms with Gasteiger partial charge >= 0.3 is 5.97 Å². The summed E-state index contributed by atoms with van der Waals surface area (Å²) in [7, 11) is 0. The van der Waals surface area contributed by atoms with E-state index in [1.165, 1.54) is 4.90 Å². The van der Waals surface area contributed by atoms with Crippen molar-refractivity contribution in [3.63, 3.8) is 0 Å². The van der Waals surface area contributed by atoms with Gasteiger partial charge in [-0.2, -0.15) is 0 Å². The molecule has 1 amide bonds. The quantitative estimate of drug-likeness (QED) is 0.568. The summed E-state index contributed by atoms with van der Waals surface area (Å²) in [6.07, 6.45) is 3.36. The largest absolute Gasteiger partial charge is 0.480 e. The first kappa shape index (κ1) is 14.7. The Balaban J connectivity index is 1.96. The van der Waals surface area contributed by atoms with Crippen molar-refractivity contribution in [2.75, 3.05) is 6.54 Å². The van der Waals surface area contributed by atoms with Gasteiger partial charge in [0, 0.05) is 4.75 Å². The molecule has 0 bridgehead atoms. The van der Waals surface area contributed by atoms with E-state index in [2.05, 4.69) is 12.2 Å². The summed E-state index contributed by atoms with van der Waals surface area (Å²) in [6, 6.07) is -0.908. The number of carbonyl (C=O) groups is 2. The van der Waals surface area contributed by atoms with Crippen molar-refractivity contribution >= 4 is 23.6 Å². The van der Waals surface area contributed by atoms with E-state index in [9.17, 15) is 14.7 Å². The number of aliphatic carboxylic acids is 1. The molecule has 0 spiro atoms. The molecule has 6 heteroatoms. The lowest BCUT2D eigenvalue weighted by Crippen LogP contribution is -2.70. The number of carboxylic acids is 1. The third-order valence-electron chi connectivity index (χ3n) is 3.82. The number of nitrogens with one attached hydrogen (secondary N) is 1. The fourth-order valence-corrected chi connectivity index (χ4v) is 4.49. The van der Waals surface area contributed by atoms with Crippen LogP contribution in [0.4, 0.5) is 0 Å². The number of hydrogen-bond donors (Lipinski definition) is 2. The van der Waals surface area contributed by atoms with Gasteiger partial charge in [-0.25, -0.2) is 4.79 Å². The number of amides is 1. The highest BCUT2D eigenvalue weighted by Crippen LogP contribution is 2.50. The molecule has 3 atom stereocenters. The number of rotatable bonds is 6. The number of carbonyl (C=O) groups excluding carboxylic acids is 1. The molecule has 0 radical (unpaired) electrons. The standard InChI is InChI=1S/C13H22N2O3S/c1-4-5-6-7-14-8-10(16)15-9(12(17)18)13(2,3)19-11(8)15/h8-9,11,14H,4-7H2,1-3H3,(H,17,18). The Hall–Kier alpha value is -0.750. The Morgan fingerprint density at radius 3 is 2.74 bits per heavy atom. The third kappa shape index (κ3) is 2.48. The second-order valence-corrected chi connectivity index (χ2v) is 7.51. The molecule has 0 aromatic rings. The fourth-order valence-electron chi connectivity index (χ4n) is 2.83. The highest BCUT2D eigenvalue weighted by molar-refractivity contribution is 8.01. The highest BCUT2D eigenvalue weighted by Gasteiger charge is 2.63. The van der Waals surface area contributed by atoms with Crippen molar-refractivity contribution in [2.45, 2.75) is 62.2 Å². The number of fused-ring (bicyclic) bond motifs is 1. The first-order chi connectivity index (χ1) is 8.90. The molecule has 19 heavy (non-hydrogen) atoms. The van der Waals surface area contributed by atoms with Gasteiger partial charge in [0.2, 0.25) is 5.91 Å². The van der Waals surface area contributed by atoms with Crippen LogP contribution in [0.25, 0.3) is 0 Å². The van der Waals surface area contributed by atoms with Crippen molar-refractivity contribution in [3.05, 3.63) is 0 Å². The van der Waals surface area contributed by atoms with Crippen LogP contribution in [-0.2, 0) is 9.59 Å².